The summed E-state index contributed by atoms with van der Waals surface area (Å²) in [6, 6.07) is 14.5. The number of hydrogen-bond acceptors (Lipinski definition) is 3. The van der Waals surface area contributed by atoms with Crippen LogP contribution in [0.3, 0.4) is 0 Å². The SMILES string of the molecule is CCOc1ccccc1CC(C(=O)O)c1ccc(N)cc1. The second-order valence-electron chi connectivity index (χ2n) is 4.80. The summed E-state index contributed by atoms with van der Waals surface area (Å²) in [7, 11) is 0. The molecule has 2 aromatic rings. The lowest BCUT2D eigenvalue weighted by Gasteiger charge is -2.16. The zero-order valence-electron chi connectivity index (χ0n) is 12.0. The Morgan fingerprint density at radius 3 is 2.48 bits per heavy atom. The normalized spacial score (nSPS) is 11.9. The van der Waals surface area contributed by atoms with Crippen LogP contribution in [-0.4, -0.2) is 17.7 Å². The van der Waals surface area contributed by atoms with Gasteiger partial charge in [-0.3, -0.25) is 4.79 Å². The van der Waals surface area contributed by atoms with Crippen LogP contribution < -0.4 is 10.5 Å². The highest BCUT2D eigenvalue weighted by atomic mass is 16.5. The second kappa shape index (κ2) is 6.79. The van der Waals surface area contributed by atoms with Gasteiger partial charge >= 0.3 is 5.97 Å². The van der Waals surface area contributed by atoms with E-state index < -0.39 is 11.9 Å². The first kappa shape index (κ1) is 14.9. The summed E-state index contributed by atoms with van der Waals surface area (Å²) in [5.41, 5.74) is 7.91. The number of para-hydroxylation sites is 1. The number of anilines is 1. The van der Waals surface area contributed by atoms with E-state index >= 15 is 0 Å². The van der Waals surface area contributed by atoms with Crippen molar-refractivity contribution in [3.8, 4) is 5.75 Å². The van der Waals surface area contributed by atoms with Gasteiger partial charge in [-0.1, -0.05) is 30.3 Å². The molecule has 0 aliphatic rings. The van der Waals surface area contributed by atoms with Crippen molar-refractivity contribution in [2.24, 2.45) is 0 Å². The molecule has 4 nitrogen and oxygen atoms in total. The zero-order valence-corrected chi connectivity index (χ0v) is 12.0. The molecule has 0 aromatic heterocycles. The Labute approximate surface area is 124 Å². The molecule has 0 saturated carbocycles. The minimum absolute atomic E-state index is 0.384. The van der Waals surface area contributed by atoms with Crippen molar-refractivity contribution in [3.63, 3.8) is 0 Å². The van der Waals surface area contributed by atoms with Gasteiger partial charge in [-0.2, -0.15) is 0 Å². The third-order valence-corrected chi connectivity index (χ3v) is 3.33. The number of aliphatic carboxylic acids is 1. The number of benzene rings is 2. The van der Waals surface area contributed by atoms with Crippen LogP contribution in [0.1, 0.15) is 24.0 Å². The molecule has 0 radical (unpaired) electrons. The van der Waals surface area contributed by atoms with E-state index in [1.807, 2.05) is 31.2 Å². The van der Waals surface area contributed by atoms with Gasteiger partial charge in [0.25, 0.3) is 0 Å². The number of carboxylic acid groups (broad SMARTS) is 1. The lowest BCUT2D eigenvalue weighted by atomic mass is 9.91. The molecule has 3 N–H and O–H groups in total. The number of ether oxygens (including phenoxy) is 1. The predicted molar refractivity (Wildman–Crippen MR) is 82.5 cm³/mol. The van der Waals surface area contributed by atoms with E-state index in [2.05, 4.69) is 0 Å². The molecule has 0 heterocycles. The quantitative estimate of drug-likeness (QED) is 0.800. The van der Waals surface area contributed by atoms with E-state index in [9.17, 15) is 9.90 Å². The van der Waals surface area contributed by atoms with Gasteiger partial charge in [0.15, 0.2) is 0 Å². The van der Waals surface area contributed by atoms with Gasteiger partial charge in [0.1, 0.15) is 5.75 Å². The van der Waals surface area contributed by atoms with Crippen molar-refractivity contribution >= 4 is 11.7 Å². The minimum Gasteiger partial charge on any atom is -0.494 e. The monoisotopic (exact) mass is 285 g/mol. The van der Waals surface area contributed by atoms with Crippen LogP contribution in [0.4, 0.5) is 5.69 Å². The maximum absolute atomic E-state index is 11.6. The highest BCUT2D eigenvalue weighted by Crippen LogP contribution is 2.27. The van der Waals surface area contributed by atoms with Crippen LogP contribution in [0.15, 0.2) is 48.5 Å². The maximum Gasteiger partial charge on any atom is 0.311 e. The summed E-state index contributed by atoms with van der Waals surface area (Å²) in [6.07, 6.45) is 0.384. The van der Waals surface area contributed by atoms with Crippen molar-refractivity contribution in [2.45, 2.75) is 19.3 Å². The number of carbonyl (C=O) groups is 1. The van der Waals surface area contributed by atoms with Crippen molar-refractivity contribution < 1.29 is 14.6 Å². The molecule has 21 heavy (non-hydrogen) atoms. The topological polar surface area (TPSA) is 72.5 Å². The number of hydrogen-bond donors (Lipinski definition) is 2. The van der Waals surface area contributed by atoms with Crippen LogP contribution in [0.5, 0.6) is 5.75 Å². The van der Waals surface area contributed by atoms with Crippen molar-refractivity contribution in [1.82, 2.24) is 0 Å². The fraction of sp³-hybridized carbons (Fsp3) is 0.235. The van der Waals surface area contributed by atoms with Crippen molar-refractivity contribution in [1.29, 1.82) is 0 Å². The molecular formula is C17H19NO3. The predicted octanol–water partition coefficient (Wildman–Crippen LogP) is 3.08. The number of nitrogens with two attached hydrogens (primary N) is 1. The number of rotatable bonds is 6. The molecular weight excluding hydrogens is 266 g/mol. The number of nitrogen functional groups attached to an aromatic ring is 1. The van der Waals surface area contributed by atoms with E-state index in [0.717, 1.165) is 16.9 Å². The molecule has 0 spiro atoms. The third kappa shape index (κ3) is 3.75. The first-order chi connectivity index (χ1) is 10.1. The summed E-state index contributed by atoms with van der Waals surface area (Å²) in [5, 5.41) is 9.51. The Kier molecular flexibility index (Phi) is 4.82. The van der Waals surface area contributed by atoms with Gasteiger partial charge in [0.05, 0.1) is 12.5 Å². The first-order valence-corrected chi connectivity index (χ1v) is 6.90. The molecule has 0 saturated heterocycles. The van der Waals surface area contributed by atoms with Crippen molar-refractivity contribution in [2.75, 3.05) is 12.3 Å². The molecule has 1 atom stereocenters. The van der Waals surface area contributed by atoms with Crippen LogP contribution >= 0.6 is 0 Å². The van der Waals surface area contributed by atoms with E-state index in [0.29, 0.717) is 18.7 Å². The molecule has 0 bridgehead atoms. The molecule has 2 aromatic carbocycles. The fourth-order valence-corrected chi connectivity index (χ4v) is 2.26. The highest BCUT2D eigenvalue weighted by Gasteiger charge is 2.21. The zero-order chi connectivity index (χ0) is 15.2. The lowest BCUT2D eigenvalue weighted by molar-refractivity contribution is -0.138. The Hall–Kier alpha value is -2.49. The molecule has 0 amide bonds. The van der Waals surface area contributed by atoms with Crippen LogP contribution in [0.25, 0.3) is 0 Å². The van der Waals surface area contributed by atoms with Crippen LogP contribution in [0.2, 0.25) is 0 Å². The summed E-state index contributed by atoms with van der Waals surface area (Å²) in [4.78, 5) is 11.6. The van der Waals surface area contributed by atoms with Gasteiger partial charge in [-0.05, 0) is 42.7 Å². The summed E-state index contributed by atoms with van der Waals surface area (Å²) < 4.78 is 5.56. The second-order valence-corrected chi connectivity index (χ2v) is 4.80. The molecule has 0 aliphatic heterocycles. The summed E-state index contributed by atoms with van der Waals surface area (Å²) in [5.74, 6) is -0.736. The fourth-order valence-electron chi connectivity index (χ4n) is 2.26. The molecule has 110 valence electrons. The molecule has 1 unspecified atom stereocenters. The van der Waals surface area contributed by atoms with Crippen LogP contribution in [0, 0.1) is 0 Å². The smallest absolute Gasteiger partial charge is 0.311 e. The van der Waals surface area contributed by atoms with E-state index in [-0.39, 0.29) is 0 Å². The van der Waals surface area contributed by atoms with E-state index in [1.54, 1.807) is 24.3 Å². The molecule has 0 aliphatic carbocycles. The Morgan fingerprint density at radius 2 is 1.86 bits per heavy atom. The van der Waals surface area contributed by atoms with E-state index in [1.165, 1.54) is 0 Å². The Balaban J connectivity index is 2.29. The van der Waals surface area contributed by atoms with E-state index in [4.69, 9.17) is 10.5 Å². The van der Waals surface area contributed by atoms with Gasteiger partial charge < -0.3 is 15.6 Å². The molecule has 4 heteroatoms. The Morgan fingerprint density at radius 1 is 1.19 bits per heavy atom. The molecule has 0 fully saturated rings. The lowest BCUT2D eigenvalue weighted by Crippen LogP contribution is -2.15. The third-order valence-electron chi connectivity index (χ3n) is 3.33. The largest absolute Gasteiger partial charge is 0.494 e. The van der Waals surface area contributed by atoms with Gasteiger partial charge in [-0.25, -0.2) is 0 Å². The standard InChI is InChI=1S/C17H19NO3/c1-2-21-16-6-4-3-5-13(16)11-15(17(19)20)12-7-9-14(18)10-8-12/h3-10,15H,2,11,18H2,1H3,(H,19,20). The number of carboxylic acids is 1. The summed E-state index contributed by atoms with van der Waals surface area (Å²) >= 11 is 0. The molecule has 2 rings (SSSR count). The van der Waals surface area contributed by atoms with Gasteiger partial charge in [0.2, 0.25) is 0 Å². The Bertz CT molecular complexity index is 608. The van der Waals surface area contributed by atoms with Crippen molar-refractivity contribution in [3.05, 3.63) is 59.7 Å². The first-order valence-electron chi connectivity index (χ1n) is 6.90. The van der Waals surface area contributed by atoms with Gasteiger partial charge in [0, 0.05) is 5.69 Å². The van der Waals surface area contributed by atoms with Crippen LogP contribution in [-0.2, 0) is 11.2 Å². The highest BCUT2D eigenvalue weighted by molar-refractivity contribution is 5.77. The maximum atomic E-state index is 11.6. The average Bonchev–Trinajstić information content (AvgIpc) is 2.47. The van der Waals surface area contributed by atoms with Gasteiger partial charge in [-0.15, -0.1) is 0 Å². The minimum atomic E-state index is -0.855. The average molecular weight is 285 g/mol. The summed E-state index contributed by atoms with van der Waals surface area (Å²) in [6.45, 7) is 2.46.